The number of ketones is 1. The number of aromatic amines is 1. The fourth-order valence-electron chi connectivity index (χ4n) is 3.57. The molecule has 0 radical (unpaired) electrons. The third kappa shape index (κ3) is 4.62. The minimum absolute atomic E-state index is 0.122. The van der Waals surface area contributed by atoms with E-state index in [1.165, 1.54) is 9.58 Å². The third-order valence-electron chi connectivity index (χ3n) is 5.20. The number of Topliss-reactive ketones (excluding diaryl/α,β-unsaturated/α-hetero) is 1. The number of benzene rings is 3. The molecule has 2 heterocycles. The lowest BCUT2D eigenvalue weighted by atomic mass is 10.2. The summed E-state index contributed by atoms with van der Waals surface area (Å²) in [6, 6.07) is 27.4. The van der Waals surface area contributed by atoms with Crippen LogP contribution >= 0.6 is 11.8 Å². The van der Waals surface area contributed by atoms with Crippen molar-refractivity contribution in [1.29, 1.82) is 0 Å². The fourth-order valence-corrected chi connectivity index (χ4v) is 4.45. The Hall–Kier alpha value is -4.50. The van der Waals surface area contributed by atoms with Crippen molar-refractivity contribution >= 4 is 40.4 Å². The maximum atomic E-state index is 13.3. The molecular formula is C26H19N4O4S+. The fraction of sp³-hybridized carbons (Fsp3) is 0.0385. The van der Waals surface area contributed by atoms with Crippen LogP contribution in [0.4, 0.5) is 5.69 Å². The summed E-state index contributed by atoms with van der Waals surface area (Å²) in [6.07, 6.45) is 1.71. The Balaban J connectivity index is 1.44. The Labute approximate surface area is 204 Å². The second-order valence-corrected chi connectivity index (χ2v) is 8.47. The summed E-state index contributed by atoms with van der Waals surface area (Å²) < 4.78 is 6.19. The standard InChI is InChI=1S/C26H18N4O4S/c31-22(23-25(33)34-28-30(23)20-14-8-3-9-15-20)17-35-26-27-21(16-18-10-4-1-5-11-18)24(32)29(26)19-12-6-2-7-13-19/h1-16H,17H2/p+1/b21-16+. The van der Waals surface area contributed by atoms with Crippen molar-refractivity contribution in [2.24, 2.45) is 4.99 Å². The summed E-state index contributed by atoms with van der Waals surface area (Å²) in [5, 5.41) is 2.82. The largest absolute Gasteiger partial charge is 0.438 e. The number of amidine groups is 1. The van der Waals surface area contributed by atoms with E-state index in [9.17, 15) is 14.4 Å². The van der Waals surface area contributed by atoms with Crippen molar-refractivity contribution < 1.29 is 18.8 Å². The van der Waals surface area contributed by atoms with E-state index >= 15 is 0 Å². The highest BCUT2D eigenvalue weighted by Gasteiger charge is 2.35. The van der Waals surface area contributed by atoms with Gasteiger partial charge in [-0.15, -0.1) is 0 Å². The molecule has 0 aliphatic carbocycles. The molecule has 0 saturated heterocycles. The zero-order valence-corrected chi connectivity index (χ0v) is 19.1. The molecule has 4 aromatic rings. The van der Waals surface area contributed by atoms with Gasteiger partial charge in [0.1, 0.15) is 5.70 Å². The van der Waals surface area contributed by atoms with Crippen molar-refractivity contribution in [2.45, 2.75) is 0 Å². The Morgan fingerprint density at radius 1 is 0.943 bits per heavy atom. The van der Waals surface area contributed by atoms with Crippen LogP contribution in [-0.2, 0) is 4.79 Å². The molecule has 0 atom stereocenters. The first-order chi connectivity index (χ1) is 17.1. The Morgan fingerprint density at radius 3 is 2.26 bits per heavy atom. The van der Waals surface area contributed by atoms with Gasteiger partial charge in [-0.2, -0.15) is 0 Å². The van der Waals surface area contributed by atoms with E-state index < -0.39 is 11.4 Å². The number of hydrogen-bond acceptors (Lipinski definition) is 6. The summed E-state index contributed by atoms with van der Waals surface area (Å²) in [7, 11) is 0. The van der Waals surface area contributed by atoms with Crippen LogP contribution in [0.25, 0.3) is 11.8 Å². The topological polar surface area (TPSA) is 99.6 Å². The summed E-state index contributed by atoms with van der Waals surface area (Å²) in [5.74, 6) is -0.878. The Bertz CT molecular complexity index is 1490. The van der Waals surface area contributed by atoms with E-state index in [0.717, 1.165) is 17.3 Å². The van der Waals surface area contributed by atoms with Crippen LogP contribution in [0.5, 0.6) is 0 Å². The van der Waals surface area contributed by atoms with Gasteiger partial charge in [-0.1, -0.05) is 78.5 Å². The summed E-state index contributed by atoms with van der Waals surface area (Å²) in [4.78, 5) is 44.6. The lowest BCUT2D eigenvalue weighted by Crippen LogP contribution is -2.41. The number of amides is 1. The number of nitrogens with one attached hydrogen (secondary N) is 1. The van der Waals surface area contributed by atoms with Gasteiger partial charge < -0.3 is 0 Å². The van der Waals surface area contributed by atoms with Crippen LogP contribution in [-0.4, -0.2) is 27.9 Å². The van der Waals surface area contributed by atoms with E-state index in [-0.39, 0.29) is 23.1 Å². The highest BCUT2D eigenvalue weighted by molar-refractivity contribution is 8.14. The number of rotatable bonds is 6. The molecule has 3 aromatic carbocycles. The van der Waals surface area contributed by atoms with Crippen LogP contribution < -0.4 is 15.2 Å². The predicted octanol–water partition coefficient (Wildman–Crippen LogP) is 3.60. The molecule has 8 nitrogen and oxygen atoms in total. The van der Waals surface area contributed by atoms with E-state index in [1.54, 1.807) is 42.5 Å². The lowest BCUT2D eigenvalue weighted by Gasteiger charge is -2.17. The number of H-pyrrole nitrogens is 1. The summed E-state index contributed by atoms with van der Waals surface area (Å²) in [5.41, 5.74) is 1.40. The average molecular weight is 484 g/mol. The second-order valence-electron chi connectivity index (χ2n) is 7.52. The number of carbonyl (C=O) groups is 2. The van der Waals surface area contributed by atoms with Crippen LogP contribution in [0.1, 0.15) is 16.1 Å². The van der Waals surface area contributed by atoms with Gasteiger partial charge in [0, 0.05) is 12.1 Å². The maximum Gasteiger partial charge on any atom is 0.438 e. The molecule has 1 N–H and O–H groups in total. The molecule has 5 rings (SSSR count). The molecule has 0 saturated carbocycles. The molecule has 9 heteroatoms. The first-order valence-corrected chi connectivity index (χ1v) is 11.7. The van der Waals surface area contributed by atoms with Gasteiger partial charge in [0.2, 0.25) is 11.5 Å². The third-order valence-corrected chi connectivity index (χ3v) is 6.14. The van der Waals surface area contributed by atoms with Crippen LogP contribution in [0.3, 0.4) is 0 Å². The molecule has 1 aliphatic rings. The maximum absolute atomic E-state index is 13.3. The van der Waals surface area contributed by atoms with Gasteiger partial charge in [-0.05, 0) is 33.7 Å². The number of thioether (sulfide) groups is 1. The van der Waals surface area contributed by atoms with Crippen LogP contribution in [0, 0.1) is 0 Å². The van der Waals surface area contributed by atoms with E-state index in [2.05, 4.69) is 10.3 Å². The van der Waals surface area contributed by atoms with E-state index in [0.29, 0.717) is 16.5 Å². The molecule has 1 aromatic heterocycles. The van der Waals surface area contributed by atoms with Gasteiger partial charge in [-0.3, -0.25) is 19.0 Å². The van der Waals surface area contributed by atoms with Crippen molar-refractivity contribution in [3.63, 3.8) is 0 Å². The highest BCUT2D eigenvalue weighted by Crippen LogP contribution is 2.29. The molecule has 172 valence electrons. The zero-order valence-electron chi connectivity index (χ0n) is 18.3. The number of para-hydroxylation sites is 2. The van der Waals surface area contributed by atoms with Crippen molar-refractivity contribution in [3.05, 3.63) is 118 Å². The van der Waals surface area contributed by atoms with E-state index in [4.69, 9.17) is 4.52 Å². The Kier molecular flexibility index (Phi) is 6.23. The molecular weight excluding hydrogens is 464 g/mol. The number of aromatic nitrogens is 2. The highest BCUT2D eigenvalue weighted by atomic mass is 32.2. The number of aliphatic imine (C=N–C) groups is 1. The summed E-state index contributed by atoms with van der Waals surface area (Å²) >= 11 is 1.08. The quantitative estimate of drug-likeness (QED) is 0.257. The van der Waals surface area contributed by atoms with Crippen molar-refractivity contribution in [1.82, 2.24) is 5.27 Å². The first kappa shape index (κ1) is 22.3. The summed E-state index contributed by atoms with van der Waals surface area (Å²) in [6.45, 7) is 0. The van der Waals surface area contributed by atoms with Gasteiger partial charge in [0.05, 0.1) is 11.4 Å². The monoisotopic (exact) mass is 483 g/mol. The number of anilines is 1. The number of hydrogen-bond donors (Lipinski definition) is 1. The number of carbonyl (C=O) groups excluding carboxylic acids is 2. The molecule has 1 aliphatic heterocycles. The van der Waals surface area contributed by atoms with E-state index in [1.807, 2.05) is 54.6 Å². The Morgan fingerprint density at radius 2 is 1.57 bits per heavy atom. The molecule has 0 unspecified atom stereocenters. The molecule has 35 heavy (non-hydrogen) atoms. The molecule has 1 amide bonds. The minimum atomic E-state index is -0.770. The first-order valence-electron chi connectivity index (χ1n) is 10.7. The molecule has 0 spiro atoms. The van der Waals surface area contributed by atoms with Gasteiger partial charge >= 0.3 is 11.3 Å². The predicted molar refractivity (Wildman–Crippen MR) is 133 cm³/mol. The van der Waals surface area contributed by atoms with Crippen LogP contribution in [0.15, 0.2) is 111 Å². The SMILES string of the molecule is O=C(CSC1=N/C(=C/c2ccccc2)C(=O)N1c1ccccc1)c1c(=O)o[nH][n+]1-c1ccccc1. The molecule has 0 fully saturated rings. The lowest BCUT2D eigenvalue weighted by molar-refractivity contribution is -0.672. The normalized spacial score (nSPS) is 14.4. The van der Waals surface area contributed by atoms with Gasteiger partial charge in [0.15, 0.2) is 5.17 Å². The van der Waals surface area contributed by atoms with Gasteiger partial charge in [-0.25, -0.2) is 9.79 Å². The van der Waals surface area contributed by atoms with Crippen LogP contribution in [0.2, 0.25) is 0 Å². The number of nitrogens with zero attached hydrogens (tertiary/aromatic N) is 3. The zero-order chi connectivity index (χ0) is 24.2. The van der Waals surface area contributed by atoms with Crippen molar-refractivity contribution in [3.8, 4) is 5.69 Å². The second kappa shape index (κ2) is 9.78. The minimum Gasteiger partial charge on any atom is -0.286 e. The smallest absolute Gasteiger partial charge is 0.286 e. The van der Waals surface area contributed by atoms with Gasteiger partial charge in [0.25, 0.3) is 5.91 Å². The van der Waals surface area contributed by atoms with Crippen molar-refractivity contribution in [2.75, 3.05) is 10.7 Å². The molecule has 0 bridgehead atoms. The average Bonchev–Trinajstić information content (AvgIpc) is 3.43.